The lowest BCUT2D eigenvalue weighted by Crippen LogP contribution is -1.83. The minimum absolute atomic E-state index is 0.259. The second kappa shape index (κ2) is 3.31. The van der Waals surface area contributed by atoms with E-state index in [0.29, 0.717) is 0 Å². The summed E-state index contributed by atoms with van der Waals surface area (Å²) in [6.45, 7) is 0. The van der Waals surface area contributed by atoms with Crippen molar-refractivity contribution in [2.45, 2.75) is 0 Å². The smallest absolute Gasteiger partial charge is 0.197 e. The van der Waals surface area contributed by atoms with Crippen molar-refractivity contribution in [2.24, 2.45) is 0 Å². The lowest BCUT2D eigenvalue weighted by atomic mass is 10.1. The molecule has 0 atom stereocenters. The Bertz CT molecular complexity index is 401. The minimum Gasteiger partial charge on any atom is -0.233 e. The van der Waals surface area contributed by atoms with E-state index in [2.05, 4.69) is 16.3 Å². The predicted octanol–water partition coefficient (Wildman–Crippen LogP) is 2.08. The van der Waals surface area contributed by atoms with Gasteiger partial charge in [-0.2, -0.15) is 0 Å². The molecule has 1 radical (unpaired) electrons. The zero-order chi connectivity index (χ0) is 9.10. The highest BCUT2D eigenvalue weighted by Crippen LogP contribution is 2.17. The molecule has 0 aliphatic rings. The van der Waals surface area contributed by atoms with E-state index in [1.54, 1.807) is 18.5 Å². The first-order chi connectivity index (χ1) is 6.36. The maximum atomic E-state index is 12.8. The van der Waals surface area contributed by atoms with Crippen LogP contribution in [0.1, 0.15) is 0 Å². The summed E-state index contributed by atoms with van der Waals surface area (Å²) in [5.74, 6) is -0.259. The second-order valence-electron chi connectivity index (χ2n) is 2.58. The van der Waals surface area contributed by atoms with Gasteiger partial charge in [0.1, 0.15) is 5.82 Å². The van der Waals surface area contributed by atoms with Crippen LogP contribution >= 0.6 is 0 Å². The Morgan fingerprint density at radius 3 is 2.54 bits per heavy atom. The van der Waals surface area contributed by atoms with Crippen molar-refractivity contribution in [1.29, 1.82) is 0 Å². The molecule has 2 aromatic rings. The average Bonchev–Trinajstić information content (AvgIpc) is 2.19. The molecule has 2 nitrogen and oxygen atoms in total. The average molecular weight is 173 g/mol. The third-order valence-electron chi connectivity index (χ3n) is 1.68. The molecular weight excluding hydrogens is 167 g/mol. The van der Waals surface area contributed by atoms with Gasteiger partial charge in [0, 0.05) is 18.0 Å². The van der Waals surface area contributed by atoms with E-state index in [4.69, 9.17) is 0 Å². The third kappa shape index (κ3) is 1.69. The van der Waals surface area contributed by atoms with E-state index in [9.17, 15) is 4.39 Å². The van der Waals surface area contributed by atoms with Gasteiger partial charge < -0.3 is 0 Å². The van der Waals surface area contributed by atoms with Crippen LogP contribution in [0.3, 0.4) is 0 Å². The topological polar surface area (TPSA) is 25.8 Å². The van der Waals surface area contributed by atoms with Crippen LogP contribution in [0.25, 0.3) is 11.1 Å². The maximum Gasteiger partial charge on any atom is 0.197 e. The predicted molar refractivity (Wildman–Crippen MR) is 46.3 cm³/mol. The third-order valence-corrected chi connectivity index (χ3v) is 1.68. The van der Waals surface area contributed by atoms with Crippen molar-refractivity contribution in [2.75, 3.05) is 0 Å². The van der Waals surface area contributed by atoms with Gasteiger partial charge in [0.25, 0.3) is 0 Å². The van der Waals surface area contributed by atoms with Crippen molar-refractivity contribution in [3.63, 3.8) is 0 Å². The molecule has 0 amide bonds. The van der Waals surface area contributed by atoms with Gasteiger partial charge in [0.15, 0.2) is 6.33 Å². The summed E-state index contributed by atoms with van der Waals surface area (Å²) in [4.78, 5) is 7.46. The van der Waals surface area contributed by atoms with Crippen molar-refractivity contribution >= 4 is 0 Å². The Morgan fingerprint density at radius 1 is 1.08 bits per heavy atom. The molecule has 1 heterocycles. The molecule has 0 fully saturated rings. The van der Waals surface area contributed by atoms with Crippen molar-refractivity contribution in [3.05, 3.63) is 48.8 Å². The van der Waals surface area contributed by atoms with Crippen molar-refractivity contribution in [3.8, 4) is 11.1 Å². The molecule has 0 aliphatic heterocycles. The van der Waals surface area contributed by atoms with Gasteiger partial charge in [0.05, 0.1) is 0 Å². The number of halogens is 1. The normalized spacial score (nSPS) is 9.92. The van der Waals surface area contributed by atoms with E-state index in [1.165, 1.54) is 12.1 Å². The monoisotopic (exact) mass is 173 g/mol. The van der Waals surface area contributed by atoms with Gasteiger partial charge in [-0.25, -0.2) is 14.4 Å². The first kappa shape index (κ1) is 7.86. The summed E-state index contributed by atoms with van der Waals surface area (Å²) < 4.78 is 12.8. The summed E-state index contributed by atoms with van der Waals surface area (Å²) in [6.07, 6.45) is 5.62. The maximum absolute atomic E-state index is 12.8. The van der Waals surface area contributed by atoms with Crippen LogP contribution in [0, 0.1) is 12.1 Å². The number of rotatable bonds is 1. The van der Waals surface area contributed by atoms with E-state index in [-0.39, 0.29) is 5.82 Å². The van der Waals surface area contributed by atoms with E-state index in [1.807, 2.05) is 6.07 Å². The lowest BCUT2D eigenvalue weighted by molar-refractivity contribution is 0.628. The molecule has 0 unspecified atom stereocenters. The zero-order valence-electron chi connectivity index (χ0n) is 6.74. The fourth-order valence-electron chi connectivity index (χ4n) is 1.08. The molecule has 1 aromatic heterocycles. The SMILES string of the molecule is Fc1cccc(-c2cn[c]nc2)c1. The van der Waals surface area contributed by atoms with Crippen molar-refractivity contribution < 1.29 is 4.39 Å². The summed E-state index contributed by atoms with van der Waals surface area (Å²) >= 11 is 0. The van der Waals surface area contributed by atoms with Crippen LogP contribution in [-0.4, -0.2) is 9.97 Å². The molecule has 0 saturated carbocycles. The molecule has 0 aliphatic carbocycles. The Kier molecular flexibility index (Phi) is 2.00. The summed E-state index contributed by atoms with van der Waals surface area (Å²) in [7, 11) is 0. The molecule has 3 heteroatoms. The number of benzene rings is 1. The Labute approximate surface area is 75.1 Å². The van der Waals surface area contributed by atoms with Crippen LogP contribution in [0.2, 0.25) is 0 Å². The number of aromatic nitrogens is 2. The highest BCUT2D eigenvalue weighted by molar-refractivity contribution is 5.60. The first-order valence-electron chi connectivity index (χ1n) is 3.80. The molecule has 0 bridgehead atoms. The van der Waals surface area contributed by atoms with Gasteiger partial charge in [-0.1, -0.05) is 12.1 Å². The van der Waals surface area contributed by atoms with Crippen LogP contribution in [-0.2, 0) is 0 Å². The standard InChI is InChI=1S/C10H6FN2/c11-10-3-1-2-8(4-10)9-5-12-7-13-6-9/h1-6H. The van der Waals surface area contributed by atoms with Gasteiger partial charge in [0.2, 0.25) is 0 Å². The lowest BCUT2D eigenvalue weighted by Gasteiger charge is -1.98. The molecule has 0 spiro atoms. The molecule has 13 heavy (non-hydrogen) atoms. The number of hydrogen-bond donors (Lipinski definition) is 0. The van der Waals surface area contributed by atoms with Crippen LogP contribution in [0.4, 0.5) is 4.39 Å². The summed E-state index contributed by atoms with van der Waals surface area (Å²) in [6, 6.07) is 6.31. The van der Waals surface area contributed by atoms with Crippen LogP contribution in [0.15, 0.2) is 36.7 Å². The van der Waals surface area contributed by atoms with E-state index in [0.717, 1.165) is 11.1 Å². The Balaban J connectivity index is 2.48. The van der Waals surface area contributed by atoms with E-state index < -0.39 is 0 Å². The number of hydrogen-bond acceptors (Lipinski definition) is 2. The summed E-state index contributed by atoms with van der Waals surface area (Å²) in [5.41, 5.74) is 1.56. The number of nitrogens with zero attached hydrogens (tertiary/aromatic N) is 2. The fourth-order valence-corrected chi connectivity index (χ4v) is 1.08. The molecular formula is C10H6FN2. The van der Waals surface area contributed by atoms with Crippen LogP contribution in [0.5, 0.6) is 0 Å². The zero-order valence-corrected chi connectivity index (χ0v) is 6.74. The fraction of sp³-hybridized carbons (Fsp3) is 0. The molecule has 1 aromatic carbocycles. The highest BCUT2D eigenvalue weighted by Gasteiger charge is 1.98. The van der Waals surface area contributed by atoms with Gasteiger partial charge in [-0.05, 0) is 17.7 Å². The Hall–Kier alpha value is -1.77. The molecule has 63 valence electrons. The highest BCUT2D eigenvalue weighted by atomic mass is 19.1. The molecule has 2 rings (SSSR count). The summed E-state index contributed by atoms with van der Waals surface area (Å²) in [5, 5.41) is 0. The first-order valence-corrected chi connectivity index (χ1v) is 3.80. The molecule has 0 saturated heterocycles. The quantitative estimate of drug-likeness (QED) is 0.659. The van der Waals surface area contributed by atoms with Gasteiger partial charge in [-0.15, -0.1) is 0 Å². The minimum atomic E-state index is -0.259. The Morgan fingerprint density at radius 2 is 1.85 bits per heavy atom. The van der Waals surface area contributed by atoms with Gasteiger partial charge in [-0.3, -0.25) is 0 Å². The van der Waals surface area contributed by atoms with Gasteiger partial charge >= 0.3 is 0 Å². The second-order valence-corrected chi connectivity index (χ2v) is 2.58. The van der Waals surface area contributed by atoms with Crippen LogP contribution < -0.4 is 0 Å². The van der Waals surface area contributed by atoms with Crippen molar-refractivity contribution in [1.82, 2.24) is 9.97 Å². The largest absolute Gasteiger partial charge is 0.233 e. The molecule has 0 N–H and O–H groups in total. The van der Waals surface area contributed by atoms with E-state index >= 15 is 0 Å².